The number of hydrogen-bond donors (Lipinski definition) is 2. The summed E-state index contributed by atoms with van der Waals surface area (Å²) < 4.78 is 10.8. The summed E-state index contributed by atoms with van der Waals surface area (Å²) in [6.45, 7) is 3.90. The Morgan fingerprint density at radius 1 is 1.09 bits per heavy atom. The first-order chi connectivity index (χ1) is 16.9. The van der Waals surface area contributed by atoms with E-state index in [9.17, 15) is 9.59 Å². The number of Topliss-reactive ketones (excluding diaryl/α,β-unsaturated/α-hetero) is 1. The van der Waals surface area contributed by atoms with E-state index in [-0.39, 0.29) is 11.7 Å². The number of carbonyl (C=O) groups excluding carboxylic acids is 2. The minimum absolute atomic E-state index is 0.00488. The second kappa shape index (κ2) is 8.77. The van der Waals surface area contributed by atoms with Crippen LogP contribution in [0.1, 0.15) is 43.7 Å². The summed E-state index contributed by atoms with van der Waals surface area (Å²) in [5.74, 6) is 0.418. The number of hydrogen-bond acceptors (Lipinski definition) is 5. The zero-order valence-electron chi connectivity index (χ0n) is 20.5. The van der Waals surface area contributed by atoms with E-state index in [1.54, 1.807) is 7.11 Å². The van der Waals surface area contributed by atoms with Crippen molar-refractivity contribution in [2.24, 2.45) is 5.41 Å². The summed E-state index contributed by atoms with van der Waals surface area (Å²) in [4.78, 5) is 30.2. The van der Waals surface area contributed by atoms with Crippen LogP contribution >= 0.6 is 0 Å². The lowest BCUT2D eigenvalue weighted by Crippen LogP contribution is -2.44. The third-order valence-corrected chi connectivity index (χ3v) is 7.48. The number of dihydropyridines is 1. The molecule has 0 radical (unpaired) electrons. The Hall–Kier alpha value is -3.80. The van der Waals surface area contributed by atoms with E-state index in [0.717, 1.165) is 39.2 Å². The number of methoxy groups -OCH3 is 2. The Kier molecular flexibility index (Phi) is 5.75. The number of ether oxygens (including phenoxy) is 2. The van der Waals surface area contributed by atoms with Gasteiger partial charge in [-0.25, -0.2) is 4.79 Å². The standard InChI is InChI=1S/C29H30N2O4/c1-17-26(28(33)35-4)29(2,16-18-8-7-10-22-20(18)12-13-30-22)27-23(31-17)14-19(15-24(27)32)21-9-5-6-11-25(21)34-3/h5-13,19,30-31H,14-16H2,1-4H3/t19?,29-/m1/s1. The van der Waals surface area contributed by atoms with Gasteiger partial charge in [0, 0.05) is 51.8 Å². The highest BCUT2D eigenvalue weighted by Gasteiger charge is 2.48. The molecule has 6 nitrogen and oxygen atoms in total. The van der Waals surface area contributed by atoms with Crippen LogP contribution in [0.25, 0.3) is 10.9 Å². The Bertz CT molecular complexity index is 1400. The fourth-order valence-corrected chi connectivity index (χ4v) is 6.06. The first-order valence-corrected chi connectivity index (χ1v) is 11.9. The molecule has 5 rings (SSSR count). The van der Waals surface area contributed by atoms with Gasteiger partial charge in [0.2, 0.25) is 0 Å². The predicted octanol–water partition coefficient (Wildman–Crippen LogP) is 5.18. The maximum atomic E-state index is 13.9. The average molecular weight is 471 g/mol. The van der Waals surface area contributed by atoms with Crippen LogP contribution in [-0.4, -0.2) is 31.0 Å². The normalized spacial score (nSPS) is 22.2. The number of H-pyrrole nitrogens is 1. The summed E-state index contributed by atoms with van der Waals surface area (Å²) in [5.41, 5.74) is 5.11. The molecule has 0 spiro atoms. The van der Waals surface area contributed by atoms with Crippen molar-refractivity contribution in [3.8, 4) is 5.75 Å². The molecule has 0 amide bonds. The fraction of sp³-hybridized carbons (Fsp3) is 0.310. The van der Waals surface area contributed by atoms with E-state index < -0.39 is 11.4 Å². The van der Waals surface area contributed by atoms with Crippen LogP contribution in [0.15, 0.2) is 77.3 Å². The lowest BCUT2D eigenvalue weighted by molar-refractivity contribution is -0.137. The van der Waals surface area contributed by atoms with Crippen molar-refractivity contribution in [1.82, 2.24) is 10.3 Å². The molecule has 0 fully saturated rings. The molecule has 180 valence electrons. The van der Waals surface area contributed by atoms with Gasteiger partial charge in [0.05, 0.1) is 19.8 Å². The Labute approximate surface area is 205 Å². The highest BCUT2D eigenvalue weighted by atomic mass is 16.5. The van der Waals surface area contributed by atoms with Crippen LogP contribution in [0.2, 0.25) is 0 Å². The average Bonchev–Trinajstić information content (AvgIpc) is 3.33. The molecule has 0 saturated heterocycles. The minimum atomic E-state index is -0.827. The number of nitrogens with one attached hydrogen (secondary N) is 2. The molecular formula is C29H30N2O4. The maximum absolute atomic E-state index is 13.9. The number of carbonyl (C=O) groups is 2. The third kappa shape index (κ3) is 3.73. The number of aromatic nitrogens is 1. The molecule has 0 saturated carbocycles. The highest BCUT2D eigenvalue weighted by Crippen LogP contribution is 2.50. The fourth-order valence-electron chi connectivity index (χ4n) is 6.06. The molecule has 1 aliphatic heterocycles. The lowest BCUT2D eigenvalue weighted by Gasteiger charge is -2.43. The maximum Gasteiger partial charge on any atom is 0.336 e. The summed E-state index contributed by atoms with van der Waals surface area (Å²) in [5, 5.41) is 4.50. The number of allylic oxidation sites excluding steroid dienone is 3. The molecule has 3 aromatic rings. The van der Waals surface area contributed by atoms with Crippen LogP contribution in [0, 0.1) is 5.41 Å². The van der Waals surface area contributed by atoms with E-state index in [1.807, 2.05) is 62.5 Å². The van der Waals surface area contributed by atoms with Gasteiger partial charge < -0.3 is 19.8 Å². The van der Waals surface area contributed by atoms with Gasteiger partial charge >= 0.3 is 5.97 Å². The van der Waals surface area contributed by atoms with E-state index in [1.165, 1.54) is 7.11 Å². The number of aromatic amines is 1. The van der Waals surface area contributed by atoms with Crippen molar-refractivity contribution in [2.75, 3.05) is 14.2 Å². The number of fused-ring (bicyclic) bond motifs is 1. The molecule has 2 atom stereocenters. The van der Waals surface area contributed by atoms with Crippen LogP contribution < -0.4 is 10.1 Å². The SMILES string of the molecule is COC(=O)C1=C(C)NC2=C(C(=O)CC(c3ccccc3OC)C2)[C@]1(C)Cc1cccc2[nH]ccc12. The number of esters is 1. The van der Waals surface area contributed by atoms with Crippen LogP contribution in [-0.2, 0) is 20.7 Å². The molecule has 2 aromatic carbocycles. The number of para-hydroxylation sites is 1. The Balaban J connectivity index is 1.63. The van der Waals surface area contributed by atoms with Crippen molar-refractivity contribution in [1.29, 1.82) is 0 Å². The zero-order valence-corrected chi connectivity index (χ0v) is 20.5. The van der Waals surface area contributed by atoms with Crippen LogP contribution in [0.4, 0.5) is 0 Å². The number of ketones is 1. The smallest absolute Gasteiger partial charge is 0.336 e. The first kappa shape index (κ1) is 23.0. The molecule has 35 heavy (non-hydrogen) atoms. The van der Waals surface area contributed by atoms with E-state index in [2.05, 4.69) is 16.4 Å². The van der Waals surface area contributed by atoms with Crippen LogP contribution in [0.5, 0.6) is 5.75 Å². The summed E-state index contributed by atoms with van der Waals surface area (Å²) >= 11 is 0. The minimum Gasteiger partial charge on any atom is -0.496 e. The molecular weight excluding hydrogens is 440 g/mol. The molecule has 0 bridgehead atoms. The van der Waals surface area contributed by atoms with Gasteiger partial charge in [-0.3, -0.25) is 4.79 Å². The summed E-state index contributed by atoms with van der Waals surface area (Å²) in [6, 6.07) is 16.0. The molecule has 2 N–H and O–H groups in total. The lowest BCUT2D eigenvalue weighted by atomic mass is 9.63. The zero-order chi connectivity index (χ0) is 24.7. The van der Waals surface area contributed by atoms with Gasteiger partial charge in [-0.05, 0) is 49.1 Å². The van der Waals surface area contributed by atoms with Crippen molar-refractivity contribution in [3.63, 3.8) is 0 Å². The van der Waals surface area contributed by atoms with Crippen molar-refractivity contribution < 1.29 is 19.1 Å². The van der Waals surface area contributed by atoms with Gasteiger partial charge in [0.25, 0.3) is 0 Å². The van der Waals surface area contributed by atoms with E-state index >= 15 is 0 Å². The molecule has 1 aromatic heterocycles. The van der Waals surface area contributed by atoms with Crippen LogP contribution in [0.3, 0.4) is 0 Å². The molecule has 2 aliphatic rings. The highest BCUT2D eigenvalue weighted by molar-refractivity contribution is 6.04. The van der Waals surface area contributed by atoms with Gasteiger partial charge in [-0.1, -0.05) is 37.3 Å². The summed E-state index contributed by atoms with van der Waals surface area (Å²) in [7, 11) is 3.04. The van der Waals surface area contributed by atoms with Gasteiger partial charge in [-0.15, -0.1) is 0 Å². The molecule has 6 heteroatoms. The predicted molar refractivity (Wildman–Crippen MR) is 135 cm³/mol. The topological polar surface area (TPSA) is 80.4 Å². The molecule has 2 heterocycles. The quantitative estimate of drug-likeness (QED) is 0.503. The second-order valence-corrected chi connectivity index (χ2v) is 9.61. The van der Waals surface area contributed by atoms with Crippen molar-refractivity contribution >= 4 is 22.7 Å². The Morgan fingerprint density at radius 3 is 2.66 bits per heavy atom. The van der Waals surface area contributed by atoms with E-state index in [0.29, 0.717) is 30.4 Å². The van der Waals surface area contributed by atoms with Crippen molar-refractivity contribution in [3.05, 3.63) is 88.4 Å². The first-order valence-electron chi connectivity index (χ1n) is 11.9. The monoisotopic (exact) mass is 470 g/mol. The largest absolute Gasteiger partial charge is 0.496 e. The van der Waals surface area contributed by atoms with Gasteiger partial charge in [0.15, 0.2) is 5.78 Å². The van der Waals surface area contributed by atoms with Gasteiger partial charge in [-0.2, -0.15) is 0 Å². The number of benzene rings is 2. The van der Waals surface area contributed by atoms with Gasteiger partial charge in [0.1, 0.15) is 5.75 Å². The second-order valence-electron chi connectivity index (χ2n) is 9.61. The van der Waals surface area contributed by atoms with E-state index in [4.69, 9.17) is 9.47 Å². The summed E-state index contributed by atoms with van der Waals surface area (Å²) in [6.07, 6.45) is 3.45. The van der Waals surface area contributed by atoms with Crippen molar-refractivity contribution in [2.45, 2.75) is 39.0 Å². The molecule has 1 aliphatic carbocycles. The Morgan fingerprint density at radius 2 is 1.89 bits per heavy atom. The number of rotatable bonds is 5. The molecule has 1 unspecified atom stereocenters. The third-order valence-electron chi connectivity index (χ3n) is 7.48.